The van der Waals surface area contributed by atoms with Crippen LogP contribution in [-0.2, 0) is 9.09 Å². The smallest absolute Gasteiger partial charge is 0.383 e. The lowest BCUT2D eigenvalue weighted by molar-refractivity contribution is 0.0701. The summed E-state index contributed by atoms with van der Waals surface area (Å²) in [4.78, 5) is 35.1. The standard InChI is InChI=1S/C22H19O5P/c1-15-8-11-18(12-9-15)22(24)28(25,26)27-21(23)19-13-10-16(2)14-20(19)17-6-4-3-5-7-17/h3-14H,1-2H3,(H,25,26). The zero-order valence-electron chi connectivity index (χ0n) is 15.5. The molecule has 1 N–H and O–H groups in total. The van der Waals surface area contributed by atoms with Crippen LogP contribution in [0.1, 0.15) is 31.8 Å². The first-order valence-electron chi connectivity index (χ1n) is 8.62. The lowest BCUT2D eigenvalue weighted by Crippen LogP contribution is -2.11. The molecule has 0 saturated heterocycles. The van der Waals surface area contributed by atoms with Crippen LogP contribution in [0.4, 0.5) is 0 Å². The van der Waals surface area contributed by atoms with E-state index < -0.39 is 19.1 Å². The van der Waals surface area contributed by atoms with E-state index in [0.29, 0.717) is 5.56 Å². The minimum Gasteiger partial charge on any atom is -0.383 e. The Kier molecular flexibility index (Phi) is 5.59. The van der Waals surface area contributed by atoms with Crippen LogP contribution in [0.15, 0.2) is 72.8 Å². The van der Waals surface area contributed by atoms with Crippen molar-refractivity contribution in [3.63, 3.8) is 0 Å². The van der Waals surface area contributed by atoms with Crippen molar-refractivity contribution in [3.05, 3.63) is 95.1 Å². The molecule has 5 nitrogen and oxygen atoms in total. The summed E-state index contributed by atoms with van der Waals surface area (Å²) in [7, 11) is -4.85. The summed E-state index contributed by atoms with van der Waals surface area (Å²) in [6.07, 6.45) is 0. The maximum atomic E-state index is 12.6. The Hall–Kier alpha value is -3.01. The third kappa shape index (κ3) is 4.28. The van der Waals surface area contributed by atoms with Gasteiger partial charge < -0.3 is 9.42 Å². The average molecular weight is 394 g/mol. The molecule has 28 heavy (non-hydrogen) atoms. The van der Waals surface area contributed by atoms with Crippen LogP contribution < -0.4 is 0 Å². The molecule has 0 aliphatic carbocycles. The summed E-state index contributed by atoms with van der Waals surface area (Å²) < 4.78 is 17.3. The van der Waals surface area contributed by atoms with Crippen molar-refractivity contribution in [2.45, 2.75) is 13.8 Å². The number of carbonyl (C=O) groups is 2. The second-order valence-corrected chi connectivity index (χ2v) is 8.11. The summed E-state index contributed by atoms with van der Waals surface area (Å²) in [5.74, 6) is -1.02. The fraction of sp³-hybridized carbons (Fsp3) is 0.0909. The van der Waals surface area contributed by atoms with E-state index in [0.717, 1.165) is 16.7 Å². The van der Waals surface area contributed by atoms with Gasteiger partial charge in [-0.05, 0) is 31.0 Å². The predicted molar refractivity (Wildman–Crippen MR) is 107 cm³/mol. The van der Waals surface area contributed by atoms with Crippen molar-refractivity contribution < 1.29 is 23.6 Å². The minimum atomic E-state index is -4.85. The first kappa shape index (κ1) is 19.7. The molecule has 0 aromatic heterocycles. The first-order chi connectivity index (χ1) is 13.3. The van der Waals surface area contributed by atoms with Crippen molar-refractivity contribution >= 4 is 19.1 Å². The fourth-order valence-corrected chi connectivity index (χ4v) is 3.64. The largest absolute Gasteiger partial charge is 0.450 e. The van der Waals surface area contributed by atoms with Gasteiger partial charge in [-0.2, -0.15) is 0 Å². The second-order valence-electron chi connectivity index (χ2n) is 6.49. The van der Waals surface area contributed by atoms with Crippen molar-refractivity contribution in [2.24, 2.45) is 0 Å². The molecule has 0 aliphatic rings. The molecule has 3 aromatic carbocycles. The van der Waals surface area contributed by atoms with Crippen LogP contribution in [0.25, 0.3) is 11.1 Å². The van der Waals surface area contributed by atoms with Gasteiger partial charge in [0.25, 0.3) is 5.52 Å². The van der Waals surface area contributed by atoms with Gasteiger partial charge in [0.05, 0.1) is 5.56 Å². The average Bonchev–Trinajstić information content (AvgIpc) is 2.68. The van der Waals surface area contributed by atoms with Crippen molar-refractivity contribution in [3.8, 4) is 11.1 Å². The van der Waals surface area contributed by atoms with Crippen molar-refractivity contribution in [1.29, 1.82) is 0 Å². The summed E-state index contributed by atoms with van der Waals surface area (Å²) >= 11 is 0. The van der Waals surface area contributed by atoms with Crippen LogP contribution in [0.2, 0.25) is 0 Å². The third-order valence-electron chi connectivity index (χ3n) is 4.24. The molecule has 0 fully saturated rings. The van der Waals surface area contributed by atoms with E-state index in [1.54, 1.807) is 24.3 Å². The predicted octanol–water partition coefficient (Wildman–Crippen LogP) is 5.15. The van der Waals surface area contributed by atoms with E-state index in [1.165, 1.54) is 18.2 Å². The Bertz CT molecular complexity index is 1070. The molecular formula is C22H19O5P. The lowest BCUT2D eigenvalue weighted by atomic mass is 9.98. The van der Waals surface area contributed by atoms with Gasteiger partial charge in [0.2, 0.25) is 0 Å². The quantitative estimate of drug-likeness (QED) is 0.605. The molecular weight excluding hydrogens is 375 g/mol. The highest BCUT2D eigenvalue weighted by Gasteiger charge is 2.36. The lowest BCUT2D eigenvalue weighted by Gasteiger charge is -2.14. The monoisotopic (exact) mass is 394 g/mol. The van der Waals surface area contributed by atoms with Crippen molar-refractivity contribution in [2.75, 3.05) is 0 Å². The van der Waals surface area contributed by atoms with Gasteiger partial charge in [-0.15, -0.1) is 0 Å². The van der Waals surface area contributed by atoms with E-state index >= 15 is 0 Å². The van der Waals surface area contributed by atoms with Gasteiger partial charge in [-0.1, -0.05) is 77.9 Å². The van der Waals surface area contributed by atoms with Crippen LogP contribution in [0, 0.1) is 13.8 Å². The molecule has 0 aliphatic heterocycles. The van der Waals surface area contributed by atoms with E-state index in [2.05, 4.69) is 0 Å². The molecule has 0 radical (unpaired) electrons. The van der Waals surface area contributed by atoms with Gasteiger partial charge in [-0.25, -0.2) is 9.36 Å². The molecule has 142 valence electrons. The number of hydrogen-bond acceptors (Lipinski definition) is 4. The molecule has 1 atom stereocenters. The molecule has 0 bridgehead atoms. The number of aryl methyl sites for hydroxylation is 2. The number of benzene rings is 3. The molecule has 6 heteroatoms. The van der Waals surface area contributed by atoms with E-state index in [9.17, 15) is 19.0 Å². The number of hydrogen-bond donors (Lipinski definition) is 1. The maximum Gasteiger partial charge on any atom is 0.450 e. The Morgan fingerprint density at radius 3 is 2.11 bits per heavy atom. The Labute approximate surface area is 163 Å². The van der Waals surface area contributed by atoms with Gasteiger partial charge in [-0.3, -0.25) is 4.79 Å². The molecule has 0 saturated carbocycles. The van der Waals surface area contributed by atoms with Crippen LogP contribution in [-0.4, -0.2) is 16.4 Å². The van der Waals surface area contributed by atoms with Crippen molar-refractivity contribution in [1.82, 2.24) is 0 Å². The summed E-state index contributed by atoms with van der Waals surface area (Å²) in [6.45, 7) is 3.70. The van der Waals surface area contributed by atoms with Crippen LogP contribution in [0.5, 0.6) is 0 Å². The first-order valence-corrected chi connectivity index (χ1v) is 10.2. The molecule has 3 rings (SSSR count). The van der Waals surface area contributed by atoms with Crippen LogP contribution in [0.3, 0.4) is 0 Å². The van der Waals surface area contributed by atoms with Gasteiger partial charge in [0.15, 0.2) is 0 Å². The summed E-state index contributed by atoms with van der Waals surface area (Å²) in [6, 6.07) is 20.3. The zero-order valence-corrected chi connectivity index (χ0v) is 16.4. The Balaban J connectivity index is 1.91. The minimum absolute atomic E-state index is 0.0106. The fourth-order valence-electron chi connectivity index (χ4n) is 2.75. The Morgan fingerprint density at radius 1 is 0.857 bits per heavy atom. The zero-order chi connectivity index (χ0) is 20.3. The highest BCUT2D eigenvalue weighted by molar-refractivity contribution is 7.72. The molecule has 0 heterocycles. The van der Waals surface area contributed by atoms with Gasteiger partial charge >= 0.3 is 13.6 Å². The Morgan fingerprint density at radius 2 is 1.46 bits per heavy atom. The SMILES string of the molecule is Cc1ccc(C(=O)P(=O)(O)OC(=O)c2ccc(C)cc2-c2ccccc2)cc1. The second kappa shape index (κ2) is 7.93. The summed E-state index contributed by atoms with van der Waals surface area (Å²) in [5.41, 5.74) is 2.14. The molecule has 0 spiro atoms. The van der Waals surface area contributed by atoms with E-state index in [1.807, 2.05) is 44.2 Å². The number of carbonyl (C=O) groups excluding carboxylic acids is 2. The van der Waals surface area contributed by atoms with E-state index in [4.69, 9.17) is 4.52 Å². The molecule has 0 amide bonds. The third-order valence-corrected chi connectivity index (χ3v) is 5.43. The molecule has 1 unspecified atom stereocenters. The van der Waals surface area contributed by atoms with Crippen LogP contribution >= 0.6 is 7.60 Å². The topological polar surface area (TPSA) is 80.7 Å². The highest BCUT2D eigenvalue weighted by atomic mass is 31.2. The molecule has 3 aromatic rings. The van der Waals surface area contributed by atoms with E-state index in [-0.39, 0.29) is 11.1 Å². The maximum absolute atomic E-state index is 12.6. The number of rotatable bonds is 5. The normalized spacial score (nSPS) is 12.8. The van der Waals surface area contributed by atoms with Gasteiger partial charge in [0, 0.05) is 5.56 Å². The highest BCUT2D eigenvalue weighted by Crippen LogP contribution is 2.46. The van der Waals surface area contributed by atoms with Gasteiger partial charge in [0.1, 0.15) is 0 Å². The summed E-state index contributed by atoms with van der Waals surface area (Å²) in [5, 5.41) is 0.